The van der Waals surface area contributed by atoms with Crippen LogP contribution in [0.2, 0.25) is 0 Å². The molecule has 86 valence electrons. The molecule has 0 spiro atoms. The number of benzene rings is 1. The van der Waals surface area contributed by atoms with Crippen LogP contribution in [0.3, 0.4) is 0 Å². The van der Waals surface area contributed by atoms with E-state index in [0.717, 1.165) is 5.56 Å². The molecule has 1 aromatic rings. The molecule has 0 aliphatic rings. The maximum absolute atomic E-state index is 10.2. The number of methoxy groups -OCH3 is 3. The molecule has 0 radical (unpaired) electrons. The molecule has 4 nitrogen and oxygen atoms in total. The first-order valence-corrected chi connectivity index (χ1v) is 4.75. The quantitative estimate of drug-likeness (QED) is 0.710. The van der Waals surface area contributed by atoms with Gasteiger partial charge in [-0.15, -0.1) is 0 Å². The third-order valence-corrected chi connectivity index (χ3v) is 2.21. The summed E-state index contributed by atoms with van der Waals surface area (Å²) in [6, 6.07) is 3.49. The SMILES string of the molecule is COc1cc(OC)c(CC=C=O)c(OC)c1. The van der Waals surface area contributed by atoms with Crippen LogP contribution in [-0.4, -0.2) is 27.3 Å². The van der Waals surface area contributed by atoms with E-state index in [2.05, 4.69) is 0 Å². The van der Waals surface area contributed by atoms with Crippen molar-refractivity contribution in [1.82, 2.24) is 0 Å². The van der Waals surface area contributed by atoms with Crippen molar-refractivity contribution in [3.63, 3.8) is 0 Å². The summed E-state index contributed by atoms with van der Waals surface area (Å²) in [4.78, 5) is 10.2. The van der Waals surface area contributed by atoms with Crippen molar-refractivity contribution in [1.29, 1.82) is 0 Å². The van der Waals surface area contributed by atoms with E-state index >= 15 is 0 Å². The molecule has 0 saturated heterocycles. The first-order chi connectivity index (χ1) is 7.76. The van der Waals surface area contributed by atoms with Gasteiger partial charge in [-0.2, -0.15) is 0 Å². The zero-order chi connectivity index (χ0) is 12.0. The van der Waals surface area contributed by atoms with Gasteiger partial charge in [0.25, 0.3) is 0 Å². The van der Waals surface area contributed by atoms with Gasteiger partial charge >= 0.3 is 0 Å². The summed E-state index contributed by atoms with van der Waals surface area (Å²) in [5.41, 5.74) is 0.800. The molecule has 0 fully saturated rings. The molecule has 0 heterocycles. The van der Waals surface area contributed by atoms with Gasteiger partial charge in [0.05, 0.1) is 21.3 Å². The lowest BCUT2D eigenvalue weighted by molar-refractivity contribution is 0.370. The molecule has 0 bridgehead atoms. The smallest absolute Gasteiger partial charge is 0.129 e. The zero-order valence-electron chi connectivity index (χ0n) is 9.57. The number of allylic oxidation sites excluding steroid dienone is 1. The molecule has 0 aliphatic carbocycles. The largest absolute Gasteiger partial charge is 0.496 e. The van der Waals surface area contributed by atoms with Crippen LogP contribution >= 0.6 is 0 Å². The van der Waals surface area contributed by atoms with Crippen molar-refractivity contribution in [2.24, 2.45) is 0 Å². The number of rotatable bonds is 5. The summed E-state index contributed by atoms with van der Waals surface area (Å²) in [7, 11) is 4.68. The molecule has 0 unspecified atom stereocenters. The lowest BCUT2D eigenvalue weighted by Gasteiger charge is -2.13. The summed E-state index contributed by atoms with van der Waals surface area (Å²) < 4.78 is 15.5. The average Bonchev–Trinajstić information content (AvgIpc) is 2.35. The van der Waals surface area contributed by atoms with Crippen molar-refractivity contribution in [3.05, 3.63) is 23.8 Å². The van der Waals surface area contributed by atoms with Gasteiger partial charge in [-0.25, -0.2) is 4.79 Å². The highest BCUT2D eigenvalue weighted by Crippen LogP contribution is 2.34. The molecule has 0 aromatic heterocycles. The molecule has 1 aromatic carbocycles. The molecule has 0 saturated carbocycles. The van der Waals surface area contributed by atoms with Crippen molar-refractivity contribution < 1.29 is 19.0 Å². The Bertz CT molecular complexity index is 380. The van der Waals surface area contributed by atoms with Crippen LogP contribution in [0, 0.1) is 0 Å². The summed E-state index contributed by atoms with van der Waals surface area (Å²) in [5, 5.41) is 0. The van der Waals surface area contributed by atoms with Crippen LogP contribution in [0.4, 0.5) is 0 Å². The maximum Gasteiger partial charge on any atom is 0.129 e. The van der Waals surface area contributed by atoms with E-state index in [9.17, 15) is 4.79 Å². The Morgan fingerprint density at radius 3 is 2.06 bits per heavy atom. The van der Waals surface area contributed by atoms with E-state index in [1.807, 2.05) is 0 Å². The number of carbonyl (C=O) groups excluding carboxylic acids is 1. The summed E-state index contributed by atoms with van der Waals surface area (Å²) in [5.74, 6) is 3.63. The minimum absolute atomic E-state index is 0.417. The molecule has 4 heteroatoms. The Morgan fingerprint density at radius 2 is 1.69 bits per heavy atom. The fraction of sp³-hybridized carbons (Fsp3) is 0.333. The predicted molar refractivity (Wildman–Crippen MR) is 60.1 cm³/mol. The molecular formula is C12H14O4. The minimum atomic E-state index is 0.417. The highest BCUT2D eigenvalue weighted by Gasteiger charge is 2.11. The van der Waals surface area contributed by atoms with Crippen LogP contribution in [-0.2, 0) is 11.2 Å². The second kappa shape index (κ2) is 5.83. The lowest BCUT2D eigenvalue weighted by atomic mass is 10.1. The molecular weight excluding hydrogens is 208 g/mol. The third kappa shape index (κ3) is 2.55. The second-order valence-electron chi connectivity index (χ2n) is 3.04. The van der Waals surface area contributed by atoms with Gasteiger partial charge in [0.1, 0.15) is 23.2 Å². The van der Waals surface area contributed by atoms with E-state index in [-0.39, 0.29) is 0 Å². The lowest BCUT2D eigenvalue weighted by Crippen LogP contribution is -1.97. The van der Waals surface area contributed by atoms with E-state index in [0.29, 0.717) is 23.7 Å². The van der Waals surface area contributed by atoms with Gasteiger partial charge in [-0.3, -0.25) is 0 Å². The van der Waals surface area contributed by atoms with Crippen LogP contribution < -0.4 is 14.2 Å². The van der Waals surface area contributed by atoms with Gasteiger partial charge in [0.2, 0.25) is 0 Å². The van der Waals surface area contributed by atoms with Crippen LogP contribution in [0.5, 0.6) is 17.2 Å². The van der Waals surface area contributed by atoms with Crippen molar-refractivity contribution in [3.8, 4) is 17.2 Å². The van der Waals surface area contributed by atoms with Gasteiger partial charge in [-0.1, -0.05) is 0 Å². The Morgan fingerprint density at radius 1 is 1.12 bits per heavy atom. The second-order valence-corrected chi connectivity index (χ2v) is 3.04. The highest BCUT2D eigenvalue weighted by molar-refractivity contribution is 5.54. The molecule has 16 heavy (non-hydrogen) atoms. The van der Waals surface area contributed by atoms with Crippen LogP contribution in [0.1, 0.15) is 5.56 Å². The molecule has 0 N–H and O–H groups in total. The van der Waals surface area contributed by atoms with E-state index < -0.39 is 0 Å². The summed E-state index contributed by atoms with van der Waals surface area (Å²) >= 11 is 0. The fourth-order valence-electron chi connectivity index (χ4n) is 1.42. The van der Waals surface area contributed by atoms with Crippen LogP contribution in [0.25, 0.3) is 0 Å². The van der Waals surface area contributed by atoms with Crippen molar-refractivity contribution >= 4 is 5.94 Å². The van der Waals surface area contributed by atoms with E-state index in [1.165, 1.54) is 6.08 Å². The standard InChI is InChI=1S/C12H14O4/c1-14-9-7-11(15-2)10(5-4-6-13)12(8-9)16-3/h4,7-8H,5H2,1-3H3. The minimum Gasteiger partial charge on any atom is -0.496 e. The Kier molecular flexibility index (Phi) is 4.42. The van der Waals surface area contributed by atoms with E-state index in [1.54, 1.807) is 39.4 Å². The number of ether oxygens (including phenoxy) is 3. The summed E-state index contributed by atoms with van der Waals surface area (Å²) in [6.45, 7) is 0. The fourth-order valence-corrected chi connectivity index (χ4v) is 1.42. The summed E-state index contributed by atoms with van der Waals surface area (Å²) in [6.07, 6.45) is 1.80. The number of hydrogen-bond donors (Lipinski definition) is 0. The van der Waals surface area contributed by atoms with Crippen molar-refractivity contribution in [2.45, 2.75) is 6.42 Å². The van der Waals surface area contributed by atoms with Crippen molar-refractivity contribution in [2.75, 3.05) is 21.3 Å². The molecule has 1 rings (SSSR count). The first kappa shape index (κ1) is 12.1. The van der Waals surface area contributed by atoms with Gasteiger partial charge in [0.15, 0.2) is 0 Å². The molecule has 0 atom stereocenters. The zero-order valence-corrected chi connectivity index (χ0v) is 9.57. The van der Waals surface area contributed by atoms with Gasteiger partial charge in [0, 0.05) is 30.2 Å². The van der Waals surface area contributed by atoms with Crippen LogP contribution in [0.15, 0.2) is 18.2 Å². The van der Waals surface area contributed by atoms with Gasteiger partial charge < -0.3 is 14.2 Å². The molecule has 0 aliphatic heterocycles. The normalized spacial score (nSPS) is 9.19. The number of hydrogen-bond acceptors (Lipinski definition) is 4. The maximum atomic E-state index is 10.2. The van der Waals surface area contributed by atoms with Gasteiger partial charge in [-0.05, 0) is 0 Å². The monoisotopic (exact) mass is 222 g/mol. The Balaban J connectivity index is 3.24. The topological polar surface area (TPSA) is 44.8 Å². The highest BCUT2D eigenvalue weighted by atomic mass is 16.5. The predicted octanol–water partition coefficient (Wildman–Crippen LogP) is 1.64. The Labute approximate surface area is 94.4 Å². The average molecular weight is 222 g/mol. The molecule has 0 amide bonds. The Hall–Kier alpha value is -1.93. The first-order valence-electron chi connectivity index (χ1n) is 4.75. The van der Waals surface area contributed by atoms with E-state index in [4.69, 9.17) is 14.2 Å². The third-order valence-electron chi connectivity index (χ3n) is 2.21.